The average molecular weight is 522 g/mol. The maximum absolute atomic E-state index is 12.9. The Morgan fingerprint density at radius 1 is 0.846 bits per heavy atom. The third-order valence-corrected chi connectivity index (χ3v) is 5.91. The predicted octanol–water partition coefficient (Wildman–Crippen LogP) is 7.20. The van der Waals surface area contributed by atoms with Crippen molar-refractivity contribution in [3.8, 4) is 17.2 Å². The number of anilines is 3. The molecule has 0 aliphatic rings. The van der Waals surface area contributed by atoms with E-state index in [1.165, 1.54) is 0 Å². The van der Waals surface area contributed by atoms with Crippen LogP contribution in [0.5, 0.6) is 11.5 Å². The minimum absolute atomic E-state index is 0.196. The number of carbonyl (C=O) groups excluding carboxylic acids is 1. The number of ether oxygens (including phenoxy) is 1. The molecule has 0 saturated heterocycles. The molecule has 0 aliphatic heterocycles. The highest BCUT2D eigenvalue weighted by atomic mass is 16.5. The molecule has 0 radical (unpaired) electrons. The number of amides is 2. The fourth-order valence-electron chi connectivity index (χ4n) is 4.03. The third-order valence-electron chi connectivity index (χ3n) is 5.91. The Kier molecular flexibility index (Phi) is 7.40. The quantitative estimate of drug-likeness (QED) is 0.199. The number of fused-ring (bicyclic) bond motifs is 1. The molecular formula is C30H31N7O2. The van der Waals surface area contributed by atoms with Gasteiger partial charge in [-0.2, -0.15) is 5.10 Å². The Labute approximate surface area is 227 Å². The van der Waals surface area contributed by atoms with Crippen molar-refractivity contribution in [1.29, 1.82) is 0 Å². The van der Waals surface area contributed by atoms with Crippen molar-refractivity contribution in [3.63, 3.8) is 0 Å². The van der Waals surface area contributed by atoms with E-state index in [1.807, 2.05) is 42.5 Å². The van der Waals surface area contributed by atoms with Gasteiger partial charge in [-0.3, -0.25) is 10.3 Å². The largest absolute Gasteiger partial charge is 0.457 e. The maximum atomic E-state index is 12.9. The summed E-state index contributed by atoms with van der Waals surface area (Å²) in [6.45, 7) is 8.24. The standard InChI is InChI=1S/C30H31N7O2/c1-19(2)27-18-29(37(36-27)23-9-12-26-21(16-23)6-5-14-31-26)35-30(38)34-22-7-10-24(11-8-22)39-25-13-15-32-28(17-25)33-20(3)4/h5-20H,1-4H3,(H,32,33)(H2,34,35,38). The second kappa shape index (κ2) is 11.2. The van der Waals surface area contributed by atoms with Gasteiger partial charge in [0.2, 0.25) is 0 Å². The summed E-state index contributed by atoms with van der Waals surface area (Å²) in [4.78, 5) is 21.6. The number of aromatic nitrogens is 4. The molecule has 0 unspecified atom stereocenters. The van der Waals surface area contributed by atoms with Crippen LogP contribution in [0.25, 0.3) is 16.6 Å². The van der Waals surface area contributed by atoms with Crippen LogP contribution in [0.15, 0.2) is 85.2 Å². The van der Waals surface area contributed by atoms with E-state index in [0.29, 0.717) is 23.0 Å². The highest BCUT2D eigenvalue weighted by molar-refractivity contribution is 5.99. The van der Waals surface area contributed by atoms with Gasteiger partial charge in [-0.1, -0.05) is 19.9 Å². The molecule has 9 heteroatoms. The molecule has 0 fully saturated rings. The highest BCUT2D eigenvalue weighted by Gasteiger charge is 2.15. The molecule has 9 nitrogen and oxygen atoms in total. The fraction of sp³-hybridized carbons (Fsp3) is 0.200. The van der Waals surface area contributed by atoms with E-state index in [1.54, 1.807) is 47.4 Å². The predicted molar refractivity (Wildman–Crippen MR) is 155 cm³/mol. The minimum atomic E-state index is -0.374. The minimum Gasteiger partial charge on any atom is -0.457 e. The summed E-state index contributed by atoms with van der Waals surface area (Å²) in [5.74, 6) is 2.83. The molecule has 5 aromatic rings. The number of carbonyl (C=O) groups is 1. The summed E-state index contributed by atoms with van der Waals surface area (Å²) >= 11 is 0. The van der Waals surface area contributed by atoms with Gasteiger partial charge in [0.05, 0.1) is 16.9 Å². The van der Waals surface area contributed by atoms with Crippen molar-refractivity contribution in [2.75, 3.05) is 16.0 Å². The molecule has 0 aliphatic carbocycles. The van der Waals surface area contributed by atoms with Gasteiger partial charge in [-0.25, -0.2) is 14.5 Å². The maximum Gasteiger partial charge on any atom is 0.324 e. The van der Waals surface area contributed by atoms with E-state index in [0.717, 1.165) is 28.1 Å². The number of urea groups is 1. The van der Waals surface area contributed by atoms with Gasteiger partial charge in [0, 0.05) is 41.6 Å². The Balaban J connectivity index is 1.28. The Morgan fingerprint density at radius 2 is 1.67 bits per heavy atom. The van der Waals surface area contributed by atoms with Crippen LogP contribution >= 0.6 is 0 Å². The summed E-state index contributed by atoms with van der Waals surface area (Å²) in [6.07, 6.45) is 3.47. The van der Waals surface area contributed by atoms with E-state index in [9.17, 15) is 4.79 Å². The first-order valence-electron chi connectivity index (χ1n) is 12.9. The number of rotatable bonds is 8. The molecule has 0 bridgehead atoms. The Hall–Kier alpha value is -4.92. The van der Waals surface area contributed by atoms with Gasteiger partial charge >= 0.3 is 6.03 Å². The van der Waals surface area contributed by atoms with Crippen LogP contribution in [-0.4, -0.2) is 31.8 Å². The lowest BCUT2D eigenvalue weighted by molar-refractivity contribution is 0.262. The van der Waals surface area contributed by atoms with Crippen molar-refractivity contribution in [3.05, 3.63) is 90.9 Å². The molecule has 0 saturated carbocycles. The molecular weight excluding hydrogens is 490 g/mol. The normalized spacial score (nSPS) is 11.1. The zero-order valence-electron chi connectivity index (χ0n) is 22.3. The number of benzene rings is 2. The summed E-state index contributed by atoms with van der Waals surface area (Å²) in [5.41, 5.74) is 3.24. The molecule has 3 heterocycles. The number of hydrogen-bond donors (Lipinski definition) is 3. The van der Waals surface area contributed by atoms with E-state index < -0.39 is 0 Å². The van der Waals surface area contributed by atoms with Crippen molar-refractivity contribution in [1.82, 2.24) is 19.7 Å². The number of nitrogens with zero attached hydrogens (tertiary/aromatic N) is 4. The van der Waals surface area contributed by atoms with Gasteiger partial charge in [-0.05, 0) is 74.4 Å². The molecule has 5 rings (SSSR count). The molecule has 3 N–H and O–H groups in total. The van der Waals surface area contributed by atoms with Crippen LogP contribution in [0.4, 0.5) is 22.1 Å². The molecule has 0 spiro atoms. The molecule has 198 valence electrons. The average Bonchev–Trinajstić information content (AvgIpc) is 3.33. The third kappa shape index (κ3) is 6.32. The topological polar surface area (TPSA) is 106 Å². The van der Waals surface area contributed by atoms with Gasteiger partial charge in [-0.15, -0.1) is 0 Å². The van der Waals surface area contributed by atoms with Crippen LogP contribution in [0, 0.1) is 0 Å². The van der Waals surface area contributed by atoms with Crippen molar-refractivity contribution in [2.45, 2.75) is 39.7 Å². The van der Waals surface area contributed by atoms with Crippen LogP contribution in [0.3, 0.4) is 0 Å². The number of hydrogen-bond acceptors (Lipinski definition) is 6. The molecule has 2 aromatic carbocycles. The molecule has 39 heavy (non-hydrogen) atoms. The lowest BCUT2D eigenvalue weighted by Gasteiger charge is -2.12. The molecule has 0 atom stereocenters. The van der Waals surface area contributed by atoms with Gasteiger partial charge < -0.3 is 15.4 Å². The van der Waals surface area contributed by atoms with Gasteiger partial charge in [0.1, 0.15) is 23.1 Å². The Bertz CT molecular complexity index is 1590. The summed E-state index contributed by atoms with van der Waals surface area (Å²) in [7, 11) is 0. The van der Waals surface area contributed by atoms with E-state index >= 15 is 0 Å². The summed E-state index contributed by atoms with van der Waals surface area (Å²) in [6, 6.07) is 22.4. The SMILES string of the molecule is CC(C)Nc1cc(Oc2ccc(NC(=O)Nc3cc(C(C)C)nn3-c3ccc4ncccc4c3)cc2)ccn1. The first kappa shape index (κ1) is 25.7. The summed E-state index contributed by atoms with van der Waals surface area (Å²) in [5, 5.41) is 14.8. The lowest BCUT2D eigenvalue weighted by atomic mass is 10.1. The second-order valence-corrected chi connectivity index (χ2v) is 9.78. The van der Waals surface area contributed by atoms with Crippen LogP contribution < -0.4 is 20.7 Å². The fourth-order valence-corrected chi connectivity index (χ4v) is 4.03. The highest BCUT2D eigenvalue weighted by Crippen LogP contribution is 2.26. The van der Waals surface area contributed by atoms with E-state index in [-0.39, 0.29) is 18.0 Å². The summed E-state index contributed by atoms with van der Waals surface area (Å²) < 4.78 is 7.70. The van der Waals surface area contributed by atoms with Gasteiger partial charge in [0.15, 0.2) is 0 Å². The molecule has 2 amide bonds. The zero-order valence-corrected chi connectivity index (χ0v) is 22.3. The van der Waals surface area contributed by atoms with Crippen LogP contribution in [-0.2, 0) is 0 Å². The van der Waals surface area contributed by atoms with Crippen LogP contribution in [0.2, 0.25) is 0 Å². The number of pyridine rings is 2. The molecule has 3 aromatic heterocycles. The van der Waals surface area contributed by atoms with Gasteiger partial charge in [0.25, 0.3) is 0 Å². The lowest BCUT2D eigenvalue weighted by Crippen LogP contribution is -2.21. The van der Waals surface area contributed by atoms with Crippen molar-refractivity contribution >= 4 is 34.3 Å². The zero-order chi connectivity index (χ0) is 27.4. The van der Waals surface area contributed by atoms with E-state index in [4.69, 9.17) is 9.84 Å². The van der Waals surface area contributed by atoms with E-state index in [2.05, 4.69) is 53.6 Å². The second-order valence-electron chi connectivity index (χ2n) is 9.78. The monoisotopic (exact) mass is 521 g/mol. The smallest absolute Gasteiger partial charge is 0.324 e. The first-order valence-corrected chi connectivity index (χ1v) is 12.9. The Morgan fingerprint density at radius 3 is 2.44 bits per heavy atom. The van der Waals surface area contributed by atoms with Crippen LogP contribution in [0.1, 0.15) is 39.3 Å². The van der Waals surface area contributed by atoms with Crippen molar-refractivity contribution < 1.29 is 9.53 Å². The number of nitrogens with one attached hydrogen (secondary N) is 3. The van der Waals surface area contributed by atoms with Crippen molar-refractivity contribution in [2.24, 2.45) is 0 Å². The first-order chi connectivity index (χ1) is 18.8.